The van der Waals surface area contributed by atoms with E-state index in [1.54, 1.807) is 0 Å². The Morgan fingerprint density at radius 1 is 1.24 bits per heavy atom. The highest BCUT2D eigenvalue weighted by molar-refractivity contribution is 5.75. The monoisotopic (exact) mass is 297 g/mol. The number of carboxylic acids is 1. The Morgan fingerprint density at radius 3 is 2.57 bits per heavy atom. The molecule has 2 fully saturated rings. The summed E-state index contributed by atoms with van der Waals surface area (Å²) in [6.07, 6.45) is 5.76. The van der Waals surface area contributed by atoms with Gasteiger partial charge >= 0.3 is 12.0 Å². The summed E-state index contributed by atoms with van der Waals surface area (Å²) in [6, 6.07) is 0.178. The Hall–Kier alpha value is -1.30. The molecule has 0 aromatic carbocycles. The van der Waals surface area contributed by atoms with Crippen molar-refractivity contribution in [2.75, 3.05) is 19.6 Å². The lowest BCUT2D eigenvalue weighted by molar-refractivity contribution is -0.141. The molecule has 1 unspecified atom stereocenters. The molecule has 120 valence electrons. The van der Waals surface area contributed by atoms with E-state index in [4.69, 9.17) is 5.11 Å². The Morgan fingerprint density at radius 2 is 1.95 bits per heavy atom. The van der Waals surface area contributed by atoms with E-state index in [9.17, 15) is 9.59 Å². The molecule has 2 amide bonds. The number of hydrogen-bond donors (Lipinski definition) is 3. The number of nitrogens with zero attached hydrogens (tertiary/aromatic N) is 1. The number of amides is 2. The number of carbonyl (C=O) groups is 2. The van der Waals surface area contributed by atoms with Crippen LogP contribution in [-0.2, 0) is 4.79 Å². The molecule has 1 aliphatic carbocycles. The molecule has 1 aliphatic heterocycles. The van der Waals surface area contributed by atoms with Crippen LogP contribution < -0.4 is 10.6 Å². The molecule has 1 saturated heterocycles. The van der Waals surface area contributed by atoms with Crippen LogP contribution in [0, 0.1) is 5.92 Å². The summed E-state index contributed by atoms with van der Waals surface area (Å²) in [5, 5.41) is 14.8. The van der Waals surface area contributed by atoms with Crippen LogP contribution in [0.5, 0.6) is 0 Å². The molecule has 0 radical (unpaired) electrons. The molecule has 3 N–H and O–H groups in total. The SMILES string of the molecule is CC(CNC(=O)N[C@H]1CC[C@@H](C(=O)O)C1)N1CCCCC1. The van der Waals surface area contributed by atoms with E-state index in [0.717, 1.165) is 19.5 Å². The minimum atomic E-state index is -0.751. The van der Waals surface area contributed by atoms with Gasteiger partial charge in [-0.3, -0.25) is 9.69 Å². The number of hydrogen-bond acceptors (Lipinski definition) is 3. The summed E-state index contributed by atoms with van der Waals surface area (Å²) in [5.41, 5.74) is 0. The maximum Gasteiger partial charge on any atom is 0.315 e. The number of piperidine rings is 1. The highest BCUT2D eigenvalue weighted by Gasteiger charge is 2.30. The van der Waals surface area contributed by atoms with Gasteiger partial charge in [-0.2, -0.15) is 0 Å². The topological polar surface area (TPSA) is 81.7 Å². The summed E-state index contributed by atoms with van der Waals surface area (Å²) in [5.74, 6) is -1.05. The van der Waals surface area contributed by atoms with E-state index < -0.39 is 5.97 Å². The van der Waals surface area contributed by atoms with Crippen molar-refractivity contribution in [2.24, 2.45) is 5.92 Å². The molecule has 2 rings (SSSR count). The predicted molar refractivity (Wildman–Crippen MR) is 80.2 cm³/mol. The lowest BCUT2D eigenvalue weighted by Crippen LogP contribution is -2.48. The molecule has 21 heavy (non-hydrogen) atoms. The molecule has 0 spiro atoms. The van der Waals surface area contributed by atoms with Crippen molar-refractivity contribution in [3.8, 4) is 0 Å². The molecule has 1 saturated carbocycles. The molecular weight excluding hydrogens is 270 g/mol. The Bertz CT molecular complexity index is 369. The first-order chi connectivity index (χ1) is 10.1. The zero-order valence-electron chi connectivity index (χ0n) is 12.8. The van der Waals surface area contributed by atoms with Gasteiger partial charge in [0, 0.05) is 18.6 Å². The van der Waals surface area contributed by atoms with Crippen molar-refractivity contribution in [1.29, 1.82) is 0 Å². The van der Waals surface area contributed by atoms with Gasteiger partial charge in [0.15, 0.2) is 0 Å². The lowest BCUT2D eigenvalue weighted by Gasteiger charge is -2.32. The van der Waals surface area contributed by atoms with Gasteiger partial charge in [0.1, 0.15) is 0 Å². The molecule has 1 heterocycles. The minimum absolute atomic E-state index is 0.00334. The molecular formula is C15H27N3O3. The second-order valence-electron chi connectivity index (χ2n) is 6.35. The predicted octanol–water partition coefficient (Wildman–Crippen LogP) is 1.41. The van der Waals surface area contributed by atoms with Crippen LogP contribution in [0.3, 0.4) is 0 Å². The fourth-order valence-electron chi connectivity index (χ4n) is 3.30. The quantitative estimate of drug-likeness (QED) is 0.716. The van der Waals surface area contributed by atoms with Gasteiger partial charge in [0.05, 0.1) is 5.92 Å². The number of carbonyl (C=O) groups excluding carboxylic acids is 1. The third kappa shape index (κ3) is 4.88. The van der Waals surface area contributed by atoms with Crippen LogP contribution >= 0.6 is 0 Å². The highest BCUT2D eigenvalue weighted by Crippen LogP contribution is 2.25. The number of rotatable bonds is 5. The van der Waals surface area contributed by atoms with Gasteiger partial charge in [0.2, 0.25) is 0 Å². The molecule has 0 aromatic heterocycles. The first-order valence-corrected chi connectivity index (χ1v) is 8.07. The summed E-state index contributed by atoms with van der Waals surface area (Å²) >= 11 is 0. The third-order valence-electron chi connectivity index (χ3n) is 4.69. The molecule has 0 aromatic rings. The van der Waals surface area contributed by atoms with E-state index in [1.165, 1.54) is 19.3 Å². The standard InChI is InChI=1S/C15H27N3O3/c1-11(18-7-3-2-4-8-18)10-16-15(21)17-13-6-5-12(9-13)14(19)20/h11-13H,2-10H2,1H3,(H,19,20)(H2,16,17,21)/t11?,12-,13+/m1/s1. The summed E-state index contributed by atoms with van der Waals surface area (Å²) in [6.45, 7) is 5.02. The van der Waals surface area contributed by atoms with E-state index in [0.29, 0.717) is 25.4 Å². The number of likely N-dealkylation sites (tertiary alicyclic amines) is 1. The maximum absolute atomic E-state index is 11.9. The second-order valence-corrected chi connectivity index (χ2v) is 6.35. The van der Waals surface area contributed by atoms with Crippen LogP contribution in [0.2, 0.25) is 0 Å². The normalized spacial score (nSPS) is 28.0. The molecule has 3 atom stereocenters. The molecule has 6 nitrogen and oxygen atoms in total. The van der Waals surface area contributed by atoms with Crippen LogP contribution in [0.1, 0.15) is 45.4 Å². The second kappa shape index (κ2) is 7.64. The van der Waals surface area contributed by atoms with Gasteiger partial charge < -0.3 is 15.7 Å². The number of carboxylic acid groups (broad SMARTS) is 1. The van der Waals surface area contributed by atoms with E-state index in [-0.39, 0.29) is 18.0 Å². The fraction of sp³-hybridized carbons (Fsp3) is 0.867. The largest absolute Gasteiger partial charge is 0.481 e. The van der Waals surface area contributed by atoms with Gasteiger partial charge in [-0.05, 0) is 52.1 Å². The van der Waals surface area contributed by atoms with Gasteiger partial charge in [-0.25, -0.2) is 4.79 Å². The van der Waals surface area contributed by atoms with Crippen molar-refractivity contribution in [2.45, 2.75) is 57.5 Å². The van der Waals surface area contributed by atoms with E-state index in [1.807, 2.05) is 0 Å². The van der Waals surface area contributed by atoms with E-state index in [2.05, 4.69) is 22.5 Å². The number of aliphatic carboxylic acids is 1. The lowest BCUT2D eigenvalue weighted by atomic mass is 10.1. The first-order valence-electron chi connectivity index (χ1n) is 8.07. The highest BCUT2D eigenvalue weighted by atomic mass is 16.4. The van der Waals surface area contributed by atoms with Crippen molar-refractivity contribution in [3.05, 3.63) is 0 Å². The van der Waals surface area contributed by atoms with Gasteiger partial charge in [-0.15, -0.1) is 0 Å². The smallest absolute Gasteiger partial charge is 0.315 e. The zero-order valence-corrected chi connectivity index (χ0v) is 12.8. The van der Waals surface area contributed by atoms with Crippen molar-refractivity contribution in [1.82, 2.24) is 15.5 Å². The number of urea groups is 1. The van der Waals surface area contributed by atoms with Gasteiger partial charge in [0.25, 0.3) is 0 Å². The third-order valence-corrected chi connectivity index (χ3v) is 4.69. The molecule has 6 heteroatoms. The summed E-state index contributed by atoms with van der Waals surface area (Å²) in [4.78, 5) is 25.2. The average Bonchev–Trinajstić information content (AvgIpc) is 2.94. The van der Waals surface area contributed by atoms with Crippen molar-refractivity contribution < 1.29 is 14.7 Å². The Kier molecular flexibility index (Phi) is 5.85. The Labute approximate surface area is 126 Å². The molecule has 2 aliphatic rings. The fourth-order valence-corrected chi connectivity index (χ4v) is 3.30. The zero-order chi connectivity index (χ0) is 15.2. The maximum atomic E-state index is 11.9. The molecule has 0 bridgehead atoms. The summed E-state index contributed by atoms with van der Waals surface area (Å²) in [7, 11) is 0. The number of nitrogens with one attached hydrogen (secondary N) is 2. The van der Waals surface area contributed by atoms with E-state index >= 15 is 0 Å². The van der Waals surface area contributed by atoms with Crippen LogP contribution in [0.15, 0.2) is 0 Å². The summed E-state index contributed by atoms with van der Waals surface area (Å²) < 4.78 is 0. The Balaban J connectivity index is 1.64. The minimum Gasteiger partial charge on any atom is -0.481 e. The van der Waals surface area contributed by atoms with Gasteiger partial charge in [-0.1, -0.05) is 6.42 Å². The average molecular weight is 297 g/mol. The van der Waals surface area contributed by atoms with Crippen molar-refractivity contribution in [3.63, 3.8) is 0 Å². The van der Waals surface area contributed by atoms with Crippen LogP contribution in [0.4, 0.5) is 4.79 Å². The van der Waals surface area contributed by atoms with Crippen LogP contribution in [0.25, 0.3) is 0 Å². The van der Waals surface area contributed by atoms with Crippen molar-refractivity contribution >= 4 is 12.0 Å². The van der Waals surface area contributed by atoms with Crippen LogP contribution in [-0.4, -0.2) is 53.7 Å². The first kappa shape index (κ1) is 16.1.